The number of nitriles is 1. The van der Waals surface area contributed by atoms with Crippen molar-refractivity contribution < 1.29 is 9.50 Å². The molecule has 1 rings (SSSR count). The van der Waals surface area contributed by atoms with Crippen LogP contribution in [-0.4, -0.2) is 20.8 Å². The van der Waals surface area contributed by atoms with Gasteiger partial charge in [0.1, 0.15) is 21.5 Å². The molecule has 1 aromatic carbocycles. The molecule has 0 amide bonds. The summed E-state index contributed by atoms with van der Waals surface area (Å²) in [5, 5.41) is 15.3. The van der Waals surface area contributed by atoms with Crippen LogP contribution in [0.15, 0.2) is 18.2 Å². The number of nitrogens with zero attached hydrogens (tertiary/aromatic N) is 1. The van der Waals surface area contributed by atoms with Gasteiger partial charge < -0.3 is 5.11 Å². The number of hydrogen-bond donors (Lipinski definition) is 1. The van der Waals surface area contributed by atoms with Crippen LogP contribution in [-0.2, 0) is 5.40 Å². The first-order valence-electron chi connectivity index (χ1n) is 3.45. The predicted molar refractivity (Wildman–Crippen MR) is 46.5 cm³/mol. The van der Waals surface area contributed by atoms with Gasteiger partial charge in [-0.15, -0.1) is 0 Å². The summed E-state index contributed by atoms with van der Waals surface area (Å²) >= 11 is 0. The van der Waals surface area contributed by atoms with Gasteiger partial charge in [-0.2, -0.15) is 5.26 Å². The van der Waals surface area contributed by atoms with Crippen LogP contribution < -0.4 is 0 Å². The number of halogens is 1. The topological polar surface area (TPSA) is 44.0 Å². The second-order valence-corrected chi connectivity index (χ2v) is 2.63. The molecule has 5 heteroatoms. The Morgan fingerprint density at radius 1 is 1.46 bits per heavy atom. The zero-order chi connectivity index (χ0) is 10.1. The van der Waals surface area contributed by atoms with Gasteiger partial charge in [-0.1, -0.05) is 6.07 Å². The average Bonchev–Trinajstić information content (AvgIpc) is 2.01. The lowest BCUT2D eigenvalue weighted by Gasteiger charge is -2.19. The Hall–Kier alpha value is -1.27. The fourth-order valence-electron chi connectivity index (χ4n) is 0.909. The molecule has 1 N–H and O–H groups in total. The normalized spacial score (nSPS) is 10.8. The fourth-order valence-corrected chi connectivity index (χ4v) is 0.909. The molecule has 0 saturated carbocycles. The molecule has 0 aliphatic heterocycles. The van der Waals surface area contributed by atoms with Crippen LogP contribution >= 0.6 is 0 Å². The Bertz CT molecular complexity index is 367. The van der Waals surface area contributed by atoms with Gasteiger partial charge in [-0.25, -0.2) is 4.39 Å². The van der Waals surface area contributed by atoms with Gasteiger partial charge in [0.25, 0.3) is 0 Å². The lowest BCUT2D eigenvalue weighted by Crippen LogP contribution is -2.27. The second-order valence-electron chi connectivity index (χ2n) is 2.63. The predicted octanol–water partition coefficient (Wildman–Crippen LogP) is 0.137. The molecule has 0 heterocycles. The molecule has 13 heavy (non-hydrogen) atoms. The molecule has 0 unspecified atom stereocenters. The van der Waals surface area contributed by atoms with Gasteiger partial charge in [0.2, 0.25) is 0 Å². The van der Waals surface area contributed by atoms with Gasteiger partial charge in [0.05, 0.1) is 11.6 Å². The Morgan fingerprint density at radius 2 is 2.08 bits per heavy atom. The Kier molecular flexibility index (Phi) is 2.44. The molecular weight excluding hydrogens is 167 g/mol. The molecular formula is C8H4B2FNO. The van der Waals surface area contributed by atoms with Crippen LogP contribution in [0.4, 0.5) is 4.39 Å². The van der Waals surface area contributed by atoms with E-state index in [2.05, 4.69) is 0 Å². The van der Waals surface area contributed by atoms with Crippen LogP contribution in [0.2, 0.25) is 0 Å². The molecule has 0 spiro atoms. The first kappa shape index (κ1) is 9.82. The summed E-state index contributed by atoms with van der Waals surface area (Å²) in [6, 6.07) is 5.20. The summed E-state index contributed by atoms with van der Waals surface area (Å²) in [5.74, 6) is -0.799. The van der Waals surface area contributed by atoms with Gasteiger partial charge in [-0.05, 0) is 12.1 Å². The van der Waals surface area contributed by atoms with Crippen molar-refractivity contribution >= 4 is 15.7 Å². The molecule has 60 valence electrons. The molecule has 4 radical (unpaired) electrons. The summed E-state index contributed by atoms with van der Waals surface area (Å²) in [6.07, 6.45) is 0. The van der Waals surface area contributed by atoms with Crippen LogP contribution in [0.3, 0.4) is 0 Å². The van der Waals surface area contributed by atoms with E-state index in [1.165, 1.54) is 12.1 Å². The largest absolute Gasteiger partial charge is 0.405 e. The monoisotopic (exact) mass is 171 g/mol. The van der Waals surface area contributed by atoms with Crippen molar-refractivity contribution in [3.63, 3.8) is 0 Å². The van der Waals surface area contributed by atoms with Crippen LogP contribution in [0.5, 0.6) is 0 Å². The minimum absolute atomic E-state index is 0.144. The summed E-state index contributed by atoms with van der Waals surface area (Å²) in [4.78, 5) is 0. The molecule has 0 aliphatic rings. The van der Waals surface area contributed by atoms with Gasteiger partial charge in [0.15, 0.2) is 0 Å². The molecule has 0 saturated heterocycles. The van der Waals surface area contributed by atoms with Gasteiger partial charge in [0, 0.05) is 11.0 Å². The molecule has 0 fully saturated rings. The quantitative estimate of drug-likeness (QED) is 0.610. The highest BCUT2D eigenvalue weighted by Crippen LogP contribution is 2.18. The maximum Gasteiger partial charge on any atom is 0.128 e. The number of benzene rings is 1. The van der Waals surface area contributed by atoms with E-state index in [1.54, 1.807) is 6.07 Å². The van der Waals surface area contributed by atoms with E-state index in [1.807, 2.05) is 0 Å². The smallest absolute Gasteiger partial charge is 0.128 e. The second kappa shape index (κ2) is 3.23. The van der Waals surface area contributed by atoms with Crippen LogP contribution in [0, 0.1) is 17.1 Å². The van der Waals surface area contributed by atoms with E-state index in [-0.39, 0.29) is 11.1 Å². The highest BCUT2D eigenvalue weighted by atomic mass is 19.1. The highest BCUT2D eigenvalue weighted by molar-refractivity contribution is 6.38. The molecule has 0 aromatic heterocycles. The van der Waals surface area contributed by atoms with E-state index in [0.717, 1.165) is 6.07 Å². The Labute approximate surface area is 77.8 Å². The first-order valence-corrected chi connectivity index (χ1v) is 3.45. The Balaban J connectivity index is 3.23. The van der Waals surface area contributed by atoms with Crippen molar-refractivity contribution in [3.8, 4) is 6.07 Å². The lowest BCUT2D eigenvalue weighted by molar-refractivity contribution is 0.211. The fraction of sp³-hybridized carbons (Fsp3) is 0.125. The number of aliphatic hydroxyl groups is 1. The third-order valence-corrected chi connectivity index (χ3v) is 1.53. The maximum absolute atomic E-state index is 13.1. The zero-order valence-corrected chi connectivity index (χ0v) is 6.66. The highest BCUT2D eigenvalue weighted by Gasteiger charge is 2.19. The zero-order valence-electron chi connectivity index (χ0n) is 6.66. The third kappa shape index (κ3) is 2.10. The van der Waals surface area contributed by atoms with Gasteiger partial charge >= 0.3 is 0 Å². The third-order valence-electron chi connectivity index (χ3n) is 1.53. The first-order chi connectivity index (χ1) is 5.95. The van der Waals surface area contributed by atoms with Crippen molar-refractivity contribution in [1.29, 1.82) is 5.26 Å². The molecule has 0 atom stereocenters. The molecule has 0 bridgehead atoms. The van der Waals surface area contributed by atoms with Crippen molar-refractivity contribution in [2.45, 2.75) is 5.40 Å². The average molecular weight is 171 g/mol. The maximum atomic E-state index is 13.1. The van der Waals surface area contributed by atoms with Crippen LogP contribution in [0.1, 0.15) is 11.1 Å². The van der Waals surface area contributed by atoms with E-state index in [9.17, 15) is 4.39 Å². The molecule has 2 nitrogen and oxygen atoms in total. The van der Waals surface area contributed by atoms with Gasteiger partial charge in [-0.3, -0.25) is 0 Å². The van der Waals surface area contributed by atoms with E-state index >= 15 is 0 Å². The van der Waals surface area contributed by atoms with E-state index in [0.29, 0.717) is 0 Å². The van der Waals surface area contributed by atoms with Crippen LogP contribution in [0.25, 0.3) is 0 Å². The van der Waals surface area contributed by atoms with Crippen molar-refractivity contribution in [2.75, 3.05) is 0 Å². The van der Waals surface area contributed by atoms with E-state index < -0.39 is 11.2 Å². The number of rotatable bonds is 1. The minimum Gasteiger partial charge on any atom is -0.405 e. The van der Waals surface area contributed by atoms with Crippen molar-refractivity contribution in [2.24, 2.45) is 0 Å². The molecule has 1 aromatic rings. The summed E-state index contributed by atoms with van der Waals surface area (Å²) < 4.78 is 13.1. The lowest BCUT2D eigenvalue weighted by atomic mass is 9.61. The standard InChI is InChI=1S/C8H4B2FNO/c9-8(10,13)6-2-1-5(4-12)3-7(6)11/h1-3,13H. The minimum atomic E-state index is -2.21. The summed E-state index contributed by atoms with van der Waals surface area (Å²) in [7, 11) is 10.1. The van der Waals surface area contributed by atoms with E-state index in [4.69, 9.17) is 26.1 Å². The Morgan fingerprint density at radius 3 is 2.46 bits per heavy atom. The summed E-state index contributed by atoms with van der Waals surface area (Å²) in [6.45, 7) is 0. The number of hydrogen-bond acceptors (Lipinski definition) is 2. The SMILES string of the molecule is [B]C([B])(O)c1ccc(C#N)cc1F. The van der Waals surface area contributed by atoms with Crippen molar-refractivity contribution in [1.82, 2.24) is 0 Å². The van der Waals surface area contributed by atoms with Crippen molar-refractivity contribution in [3.05, 3.63) is 35.1 Å². The molecule has 0 aliphatic carbocycles. The summed E-state index contributed by atoms with van der Waals surface area (Å²) in [5.41, 5.74) is -0.1000.